The predicted molar refractivity (Wildman–Crippen MR) is 132 cm³/mol. The number of halogens is 3. The summed E-state index contributed by atoms with van der Waals surface area (Å²) in [6.45, 7) is 0.229. The van der Waals surface area contributed by atoms with Gasteiger partial charge in [0.15, 0.2) is 15.8 Å². The summed E-state index contributed by atoms with van der Waals surface area (Å²) >= 11 is 18.1. The molecule has 0 aliphatic carbocycles. The maximum Gasteiger partial charge on any atom is 0.250 e. The minimum Gasteiger partial charge on any atom is -0.493 e. The van der Waals surface area contributed by atoms with Crippen LogP contribution in [0.25, 0.3) is 0 Å². The third-order valence-corrected chi connectivity index (χ3v) is 6.85. The Bertz CT molecular complexity index is 1150. The van der Waals surface area contributed by atoms with Gasteiger partial charge in [-0.25, -0.2) is 5.43 Å². The van der Waals surface area contributed by atoms with E-state index in [2.05, 4.69) is 36.7 Å². The Morgan fingerprint density at radius 1 is 1.34 bits per heavy atom. The van der Waals surface area contributed by atoms with Gasteiger partial charge in [0.1, 0.15) is 6.61 Å². The Balaban J connectivity index is 1.60. The van der Waals surface area contributed by atoms with E-state index in [-0.39, 0.29) is 18.3 Å². The quantitative estimate of drug-likeness (QED) is 0.209. The number of thioether (sulfide) groups is 1. The molecule has 0 atom stereocenters. The average Bonchev–Trinajstić information content (AvgIpc) is 3.17. The van der Waals surface area contributed by atoms with E-state index in [0.29, 0.717) is 41.1 Å². The zero-order chi connectivity index (χ0) is 23.1. The van der Waals surface area contributed by atoms with Crippen molar-refractivity contribution in [3.05, 3.63) is 56.0 Å². The lowest BCUT2D eigenvalue weighted by atomic mass is 10.2. The molecule has 0 unspecified atom stereocenters. The zero-order valence-electron chi connectivity index (χ0n) is 16.5. The maximum atomic E-state index is 11.9. The second kappa shape index (κ2) is 11.7. The van der Waals surface area contributed by atoms with Crippen LogP contribution in [-0.2, 0) is 11.4 Å². The number of nitrogens with two attached hydrogens (primary N) is 1. The van der Waals surface area contributed by atoms with E-state index in [0.717, 1.165) is 5.56 Å². The van der Waals surface area contributed by atoms with Crippen molar-refractivity contribution >= 4 is 79.5 Å². The number of hydrogen-bond acceptors (Lipinski definition) is 9. The van der Waals surface area contributed by atoms with Crippen LogP contribution < -0.4 is 20.6 Å². The van der Waals surface area contributed by atoms with Crippen LogP contribution in [-0.4, -0.2) is 35.2 Å². The number of methoxy groups -OCH3 is 1. The summed E-state index contributed by atoms with van der Waals surface area (Å²) < 4.78 is 12.6. The number of anilines is 1. The minimum atomic E-state index is -0.286. The summed E-state index contributed by atoms with van der Waals surface area (Å²) in [5.41, 5.74) is 9.44. The number of rotatable bonds is 9. The maximum absolute atomic E-state index is 11.9. The van der Waals surface area contributed by atoms with Crippen LogP contribution in [0.5, 0.6) is 11.5 Å². The van der Waals surface area contributed by atoms with Crippen molar-refractivity contribution < 1.29 is 14.3 Å². The van der Waals surface area contributed by atoms with Crippen LogP contribution in [0.1, 0.15) is 11.1 Å². The Morgan fingerprint density at radius 3 is 2.84 bits per heavy atom. The Kier molecular flexibility index (Phi) is 9.00. The molecule has 3 N–H and O–H groups in total. The van der Waals surface area contributed by atoms with Gasteiger partial charge in [-0.05, 0) is 45.8 Å². The third-order valence-electron chi connectivity index (χ3n) is 3.79. The number of ether oxygens (including phenoxy) is 2. The van der Waals surface area contributed by atoms with Crippen molar-refractivity contribution in [1.29, 1.82) is 0 Å². The van der Waals surface area contributed by atoms with Crippen LogP contribution in [0, 0.1) is 0 Å². The largest absolute Gasteiger partial charge is 0.493 e. The fourth-order valence-corrected chi connectivity index (χ4v) is 4.83. The Hall–Kier alpha value is -2.05. The van der Waals surface area contributed by atoms with Gasteiger partial charge in [-0.3, -0.25) is 4.79 Å². The number of benzene rings is 2. The molecule has 32 heavy (non-hydrogen) atoms. The van der Waals surface area contributed by atoms with Crippen LogP contribution in [0.15, 0.2) is 44.2 Å². The van der Waals surface area contributed by atoms with E-state index in [1.54, 1.807) is 30.3 Å². The molecule has 0 radical (unpaired) electrons. The lowest BCUT2D eigenvalue weighted by molar-refractivity contribution is -0.118. The first-order valence-electron chi connectivity index (χ1n) is 8.83. The number of carbonyl (C=O) groups excluding carboxylic acids is 1. The summed E-state index contributed by atoms with van der Waals surface area (Å²) in [5.74, 6) is 0.846. The molecule has 13 heteroatoms. The van der Waals surface area contributed by atoms with Gasteiger partial charge < -0.3 is 15.2 Å². The molecule has 1 amide bonds. The van der Waals surface area contributed by atoms with E-state index < -0.39 is 0 Å². The highest BCUT2D eigenvalue weighted by atomic mass is 79.9. The van der Waals surface area contributed by atoms with Gasteiger partial charge in [0.25, 0.3) is 5.91 Å². The van der Waals surface area contributed by atoms with Crippen molar-refractivity contribution in [2.24, 2.45) is 5.10 Å². The third kappa shape index (κ3) is 6.97. The van der Waals surface area contributed by atoms with Crippen molar-refractivity contribution in [2.45, 2.75) is 10.9 Å². The monoisotopic (exact) mass is 575 g/mol. The summed E-state index contributed by atoms with van der Waals surface area (Å²) in [5, 5.41) is 12.9. The average molecular weight is 577 g/mol. The molecule has 0 bridgehead atoms. The first-order chi connectivity index (χ1) is 15.4. The molecule has 0 saturated heterocycles. The standard InChI is InChI=1S/C19H16BrCl2N5O3S2/c1-29-15-5-10(7-24-25-16(28)9-31-19-27-26-18(23)32-19)4-13(20)17(15)30-8-11-2-3-12(21)6-14(11)22/h2-7H,8-9H2,1H3,(H2,23,26)(H,25,28). The van der Waals surface area contributed by atoms with Crippen molar-refractivity contribution in [1.82, 2.24) is 15.6 Å². The molecule has 0 aliphatic rings. The van der Waals surface area contributed by atoms with Gasteiger partial charge in [0, 0.05) is 15.6 Å². The van der Waals surface area contributed by atoms with E-state index in [1.807, 2.05) is 0 Å². The Morgan fingerprint density at radius 2 is 2.16 bits per heavy atom. The van der Waals surface area contributed by atoms with Gasteiger partial charge >= 0.3 is 0 Å². The van der Waals surface area contributed by atoms with E-state index in [9.17, 15) is 4.79 Å². The van der Waals surface area contributed by atoms with E-state index in [1.165, 1.54) is 36.4 Å². The molecule has 0 aliphatic heterocycles. The smallest absolute Gasteiger partial charge is 0.250 e. The van der Waals surface area contributed by atoms with Crippen LogP contribution in [0.4, 0.5) is 5.13 Å². The Labute approximate surface area is 210 Å². The van der Waals surface area contributed by atoms with Gasteiger partial charge in [-0.1, -0.05) is 52.4 Å². The predicted octanol–water partition coefficient (Wildman–Crippen LogP) is 5.02. The number of aromatic nitrogens is 2. The first kappa shape index (κ1) is 24.6. The lowest BCUT2D eigenvalue weighted by Crippen LogP contribution is -2.19. The molecule has 3 rings (SSSR count). The zero-order valence-corrected chi connectivity index (χ0v) is 21.2. The van der Waals surface area contributed by atoms with Crippen LogP contribution >= 0.6 is 62.2 Å². The molecular formula is C19H16BrCl2N5O3S2. The van der Waals surface area contributed by atoms with Crippen molar-refractivity contribution in [3.8, 4) is 11.5 Å². The molecule has 3 aromatic rings. The van der Waals surface area contributed by atoms with Crippen molar-refractivity contribution in [2.75, 3.05) is 18.6 Å². The van der Waals surface area contributed by atoms with Gasteiger partial charge in [-0.15, -0.1) is 10.2 Å². The molecule has 168 valence electrons. The number of nitrogen functional groups attached to an aromatic ring is 1. The highest BCUT2D eigenvalue weighted by Gasteiger charge is 2.13. The summed E-state index contributed by atoms with van der Waals surface area (Å²) in [6, 6.07) is 8.72. The first-order valence-corrected chi connectivity index (χ1v) is 12.2. The number of nitrogens with zero attached hydrogens (tertiary/aromatic N) is 3. The number of carbonyl (C=O) groups is 1. The summed E-state index contributed by atoms with van der Waals surface area (Å²) in [6.07, 6.45) is 1.50. The normalized spacial score (nSPS) is 11.0. The number of hydrogen-bond donors (Lipinski definition) is 2. The minimum absolute atomic E-state index is 0.138. The SMILES string of the molecule is COc1cc(C=NNC(=O)CSc2nnc(N)s2)cc(Br)c1OCc1ccc(Cl)cc1Cl. The number of amides is 1. The second-order valence-corrected chi connectivity index (χ2v) is 9.98. The molecule has 0 fully saturated rings. The van der Waals surface area contributed by atoms with Gasteiger partial charge in [-0.2, -0.15) is 5.10 Å². The van der Waals surface area contributed by atoms with Gasteiger partial charge in [0.05, 0.1) is 23.5 Å². The molecule has 8 nitrogen and oxygen atoms in total. The van der Waals surface area contributed by atoms with E-state index in [4.69, 9.17) is 38.4 Å². The van der Waals surface area contributed by atoms with E-state index >= 15 is 0 Å². The van der Waals surface area contributed by atoms with Crippen molar-refractivity contribution in [3.63, 3.8) is 0 Å². The van der Waals surface area contributed by atoms with Crippen LogP contribution in [0.3, 0.4) is 0 Å². The topological polar surface area (TPSA) is 112 Å². The fourth-order valence-electron chi connectivity index (χ4n) is 2.36. The molecule has 0 spiro atoms. The molecule has 0 saturated carbocycles. The summed E-state index contributed by atoms with van der Waals surface area (Å²) in [7, 11) is 1.53. The fraction of sp³-hybridized carbons (Fsp3) is 0.158. The lowest BCUT2D eigenvalue weighted by Gasteiger charge is -2.14. The highest BCUT2D eigenvalue weighted by Crippen LogP contribution is 2.37. The number of hydrazone groups is 1. The van der Waals surface area contributed by atoms with Crippen LogP contribution in [0.2, 0.25) is 10.0 Å². The molecular weight excluding hydrogens is 561 g/mol. The molecule has 2 aromatic carbocycles. The van der Waals surface area contributed by atoms with Gasteiger partial charge in [0.2, 0.25) is 5.13 Å². The molecule has 1 aromatic heterocycles. The number of nitrogens with one attached hydrogen (secondary N) is 1. The second-order valence-electron chi connectivity index (χ2n) is 6.05. The molecule has 1 heterocycles. The summed E-state index contributed by atoms with van der Waals surface area (Å²) in [4.78, 5) is 11.9. The highest BCUT2D eigenvalue weighted by molar-refractivity contribution is 9.10.